The van der Waals surface area contributed by atoms with Crippen LogP contribution in [0.5, 0.6) is 0 Å². The molecule has 1 amide bonds. The number of amides is 1. The average Bonchev–Trinajstić information content (AvgIpc) is 2.46. The molecule has 1 N–H and O–H groups in total. The third-order valence-corrected chi connectivity index (χ3v) is 3.76. The highest BCUT2D eigenvalue weighted by molar-refractivity contribution is 6.76. The predicted octanol–water partition coefficient (Wildman–Crippen LogP) is 1.66. The monoisotopic (exact) mass is 239 g/mol. The van der Waals surface area contributed by atoms with Gasteiger partial charge < -0.3 is 10.0 Å². The van der Waals surface area contributed by atoms with E-state index in [1.54, 1.807) is 0 Å². The second kappa shape index (κ2) is 5.51. The van der Waals surface area contributed by atoms with Crippen molar-refractivity contribution in [1.82, 2.24) is 4.90 Å². The molecule has 0 spiro atoms. The molecule has 0 saturated carbocycles. The van der Waals surface area contributed by atoms with Crippen molar-refractivity contribution in [2.75, 3.05) is 6.54 Å². The summed E-state index contributed by atoms with van der Waals surface area (Å²) in [4.78, 5) is 12.9. The van der Waals surface area contributed by atoms with Gasteiger partial charge in [-0.1, -0.05) is 19.6 Å². The molecule has 0 aliphatic carbocycles. The molecule has 0 bridgehead atoms. The third-order valence-electron chi connectivity index (χ3n) is 2.52. The topological polar surface area (TPSA) is 40.5 Å². The van der Waals surface area contributed by atoms with Gasteiger partial charge in [-0.2, -0.15) is 0 Å². The summed E-state index contributed by atoms with van der Waals surface area (Å²) in [5.41, 5.74) is 0. The van der Waals surface area contributed by atoms with Gasteiger partial charge in [0.05, 0.1) is 8.07 Å². The van der Waals surface area contributed by atoms with Gasteiger partial charge >= 0.3 is 0 Å². The summed E-state index contributed by atoms with van der Waals surface area (Å²) >= 11 is 0. The zero-order valence-electron chi connectivity index (χ0n) is 10.4. The number of carbonyl (C=O) groups is 1. The molecular formula is C12H21NO2Si. The lowest BCUT2D eigenvalue weighted by molar-refractivity contribution is -0.133. The van der Waals surface area contributed by atoms with E-state index in [-0.39, 0.29) is 5.91 Å². The minimum atomic E-state index is -1.07. The van der Waals surface area contributed by atoms with E-state index >= 15 is 0 Å². The average molecular weight is 239 g/mol. The molecule has 0 radical (unpaired) electrons. The first kappa shape index (κ1) is 13.3. The molecule has 0 aromatic heterocycles. The molecule has 16 heavy (non-hydrogen) atoms. The van der Waals surface area contributed by atoms with Crippen molar-refractivity contribution in [2.45, 2.75) is 51.2 Å². The van der Waals surface area contributed by atoms with Crippen molar-refractivity contribution in [2.24, 2.45) is 0 Å². The van der Waals surface area contributed by atoms with Gasteiger partial charge in [-0.05, 0) is 0 Å². The fraction of sp³-hybridized carbons (Fsp3) is 0.750. The van der Waals surface area contributed by atoms with E-state index in [1.165, 1.54) is 4.90 Å². The van der Waals surface area contributed by atoms with E-state index in [1.807, 2.05) is 0 Å². The molecule has 1 aliphatic heterocycles. The number of likely N-dealkylation sites (tertiary alicyclic amines) is 1. The van der Waals surface area contributed by atoms with Crippen LogP contribution in [0.3, 0.4) is 0 Å². The molecule has 3 nitrogen and oxygen atoms in total. The summed E-state index contributed by atoms with van der Waals surface area (Å²) in [6.07, 6.45) is 1.14. The van der Waals surface area contributed by atoms with Crippen molar-refractivity contribution in [3.63, 3.8) is 0 Å². The highest BCUT2D eigenvalue weighted by atomic mass is 28.3. The van der Waals surface area contributed by atoms with Crippen LogP contribution < -0.4 is 0 Å². The summed E-state index contributed by atoms with van der Waals surface area (Å²) in [5.74, 6) is 6.32. The van der Waals surface area contributed by atoms with Crippen molar-refractivity contribution < 1.29 is 9.90 Å². The number of nitrogens with zero attached hydrogens (tertiary/aromatic N) is 1. The van der Waals surface area contributed by atoms with Crippen LogP contribution in [0.15, 0.2) is 0 Å². The summed E-state index contributed by atoms with van der Waals surface area (Å²) in [7, 11) is -1.07. The Labute approximate surface area is 98.8 Å². The van der Waals surface area contributed by atoms with E-state index in [4.69, 9.17) is 0 Å². The van der Waals surface area contributed by atoms with Crippen molar-refractivity contribution in [1.29, 1.82) is 0 Å². The number of aliphatic hydroxyl groups excluding tert-OH is 1. The Balaban J connectivity index is 2.27. The second-order valence-corrected chi connectivity index (χ2v) is 10.9. The number of hydrogen-bond donors (Lipinski definition) is 1. The number of rotatable bonds is 3. The lowest BCUT2D eigenvalue weighted by Gasteiger charge is -2.18. The first-order chi connectivity index (χ1) is 7.40. The maximum absolute atomic E-state index is 11.3. The van der Waals surface area contributed by atoms with E-state index in [9.17, 15) is 9.90 Å². The van der Waals surface area contributed by atoms with Crippen LogP contribution in [0.2, 0.25) is 25.7 Å². The fourth-order valence-electron chi connectivity index (χ4n) is 1.58. The van der Waals surface area contributed by atoms with Crippen LogP contribution >= 0.6 is 0 Å². The van der Waals surface area contributed by atoms with Crippen LogP contribution in [-0.4, -0.2) is 36.8 Å². The molecule has 1 rings (SSSR count). The summed E-state index contributed by atoms with van der Waals surface area (Å²) in [6, 6.07) is 1.00. The van der Waals surface area contributed by atoms with Gasteiger partial charge in [-0.3, -0.25) is 4.79 Å². The van der Waals surface area contributed by atoms with Gasteiger partial charge in [-0.15, -0.1) is 11.8 Å². The van der Waals surface area contributed by atoms with Gasteiger partial charge in [0.1, 0.15) is 6.23 Å². The molecule has 0 aromatic rings. The van der Waals surface area contributed by atoms with E-state index in [0.717, 1.165) is 6.04 Å². The minimum absolute atomic E-state index is 0.0551. The Hall–Kier alpha value is -0.793. The zero-order chi connectivity index (χ0) is 12.2. The Morgan fingerprint density at radius 2 is 2.12 bits per heavy atom. The van der Waals surface area contributed by atoms with Crippen molar-refractivity contribution >= 4 is 14.0 Å². The van der Waals surface area contributed by atoms with E-state index in [2.05, 4.69) is 31.5 Å². The molecule has 0 aromatic carbocycles. The Morgan fingerprint density at radius 1 is 1.44 bits per heavy atom. The SMILES string of the molecule is C[Si](C)(C)CC#CCCN1C(=O)CCC1O. The molecular weight excluding hydrogens is 218 g/mol. The molecule has 1 fully saturated rings. The lowest BCUT2D eigenvalue weighted by Crippen LogP contribution is -2.33. The van der Waals surface area contributed by atoms with Crippen LogP contribution in [0.1, 0.15) is 19.3 Å². The van der Waals surface area contributed by atoms with Crippen molar-refractivity contribution in [3.05, 3.63) is 0 Å². The minimum Gasteiger partial charge on any atom is -0.374 e. The second-order valence-electron chi connectivity index (χ2n) is 5.45. The first-order valence-electron chi connectivity index (χ1n) is 5.83. The molecule has 1 unspecified atom stereocenters. The highest BCUT2D eigenvalue weighted by Gasteiger charge is 2.27. The Morgan fingerprint density at radius 3 is 2.62 bits per heavy atom. The van der Waals surface area contributed by atoms with Crippen LogP contribution in [-0.2, 0) is 4.79 Å². The molecule has 4 heteroatoms. The number of aliphatic hydroxyl groups is 1. The van der Waals surface area contributed by atoms with Crippen LogP contribution in [0, 0.1) is 11.8 Å². The Bertz CT molecular complexity index is 311. The van der Waals surface area contributed by atoms with Gasteiger partial charge in [-0.25, -0.2) is 0 Å². The predicted molar refractivity (Wildman–Crippen MR) is 67.5 cm³/mol. The lowest BCUT2D eigenvalue weighted by atomic mass is 10.3. The van der Waals surface area contributed by atoms with E-state index < -0.39 is 14.3 Å². The highest BCUT2D eigenvalue weighted by Crippen LogP contribution is 2.16. The maximum atomic E-state index is 11.3. The number of carbonyl (C=O) groups excluding carboxylic acids is 1. The normalized spacial score (nSPS) is 20.9. The largest absolute Gasteiger partial charge is 0.374 e. The van der Waals surface area contributed by atoms with Gasteiger partial charge in [0.25, 0.3) is 0 Å². The summed E-state index contributed by atoms with van der Waals surface area (Å²) < 4.78 is 0. The maximum Gasteiger partial charge on any atom is 0.224 e. The van der Waals surface area contributed by atoms with E-state index in [0.29, 0.717) is 25.8 Å². The summed E-state index contributed by atoms with van der Waals surface area (Å²) in [5, 5.41) is 9.51. The van der Waals surface area contributed by atoms with Gasteiger partial charge in [0, 0.05) is 31.9 Å². The van der Waals surface area contributed by atoms with Crippen molar-refractivity contribution in [3.8, 4) is 11.8 Å². The Kier molecular flexibility index (Phi) is 4.57. The van der Waals surface area contributed by atoms with Gasteiger partial charge in [0.15, 0.2) is 0 Å². The smallest absolute Gasteiger partial charge is 0.224 e. The van der Waals surface area contributed by atoms with Crippen LogP contribution in [0.4, 0.5) is 0 Å². The fourth-order valence-corrected chi connectivity index (χ4v) is 2.24. The zero-order valence-corrected chi connectivity index (χ0v) is 11.4. The molecule has 1 aliphatic rings. The summed E-state index contributed by atoms with van der Waals surface area (Å²) in [6.45, 7) is 7.43. The standard InChI is InChI=1S/C12H21NO2Si/c1-16(2,3)10-6-4-5-9-13-11(14)7-8-12(13)15/h11,14H,5,7-10H2,1-3H3. The molecule has 90 valence electrons. The third kappa shape index (κ3) is 4.38. The molecule has 1 atom stereocenters. The van der Waals surface area contributed by atoms with Crippen LogP contribution in [0.25, 0.3) is 0 Å². The molecule has 1 saturated heterocycles. The first-order valence-corrected chi connectivity index (χ1v) is 9.54. The number of hydrogen-bond acceptors (Lipinski definition) is 2. The molecule has 1 heterocycles. The quantitative estimate of drug-likeness (QED) is 0.601. The van der Waals surface area contributed by atoms with Gasteiger partial charge in [0.2, 0.25) is 5.91 Å².